The topological polar surface area (TPSA) is 71.3 Å². The number of fused-ring (bicyclic) bond motifs is 1. The summed E-state index contributed by atoms with van der Waals surface area (Å²) in [7, 11) is 1.78. The van der Waals surface area contributed by atoms with Crippen molar-refractivity contribution in [1.82, 2.24) is 9.88 Å². The lowest BCUT2D eigenvalue weighted by atomic mass is 9.91. The van der Waals surface area contributed by atoms with Crippen molar-refractivity contribution in [2.45, 2.75) is 52.3 Å². The van der Waals surface area contributed by atoms with Gasteiger partial charge in [-0.2, -0.15) is 0 Å². The molecule has 2 unspecified atom stereocenters. The van der Waals surface area contributed by atoms with Gasteiger partial charge in [-0.25, -0.2) is 0 Å². The molecule has 0 aliphatic carbocycles. The number of hydrogen-bond acceptors (Lipinski definition) is 3. The van der Waals surface area contributed by atoms with Crippen LogP contribution in [0.25, 0.3) is 10.9 Å². The van der Waals surface area contributed by atoms with Crippen LogP contribution in [0.2, 0.25) is 0 Å². The zero-order valence-corrected chi connectivity index (χ0v) is 18.5. The Morgan fingerprint density at radius 1 is 1.37 bits per heavy atom. The van der Waals surface area contributed by atoms with Crippen molar-refractivity contribution in [3.05, 3.63) is 71.0 Å². The molecule has 2 heterocycles. The van der Waals surface area contributed by atoms with E-state index in [2.05, 4.69) is 49.4 Å². The third-order valence-electron chi connectivity index (χ3n) is 6.29. The van der Waals surface area contributed by atoms with Crippen molar-refractivity contribution >= 4 is 16.8 Å². The van der Waals surface area contributed by atoms with Crippen LogP contribution in [0.1, 0.15) is 36.5 Å². The van der Waals surface area contributed by atoms with Gasteiger partial charge in [0.1, 0.15) is 0 Å². The fourth-order valence-corrected chi connectivity index (χ4v) is 4.50. The molecule has 0 radical (unpaired) electrons. The number of ether oxygens (including phenoxy) is 1. The third-order valence-corrected chi connectivity index (χ3v) is 6.29. The number of amides is 1. The number of aromatic amines is 1. The number of benzene rings is 1. The summed E-state index contributed by atoms with van der Waals surface area (Å²) >= 11 is 0. The number of methoxy groups -OCH3 is 1. The van der Waals surface area contributed by atoms with Crippen LogP contribution in [0.5, 0.6) is 0 Å². The van der Waals surface area contributed by atoms with Gasteiger partial charge in [0.25, 0.3) is 0 Å². The normalized spacial score (nSPS) is 21.2. The monoisotopic (exact) mass is 407 g/mol. The first-order valence-corrected chi connectivity index (χ1v) is 10.5. The van der Waals surface area contributed by atoms with Crippen LogP contribution >= 0.6 is 0 Å². The van der Waals surface area contributed by atoms with Crippen molar-refractivity contribution < 1.29 is 9.53 Å². The van der Waals surface area contributed by atoms with Gasteiger partial charge in [-0.3, -0.25) is 9.69 Å². The van der Waals surface area contributed by atoms with Gasteiger partial charge in [-0.1, -0.05) is 30.4 Å². The number of rotatable bonds is 7. The number of aryl methyl sites for hydroxylation is 2. The van der Waals surface area contributed by atoms with Crippen LogP contribution in [0.15, 0.2) is 54.3 Å². The minimum atomic E-state index is -0.463. The maximum absolute atomic E-state index is 11.5. The van der Waals surface area contributed by atoms with Gasteiger partial charge < -0.3 is 15.5 Å². The summed E-state index contributed by atoms with van der Waals surface area (Å²) in [5.74, 6) is -0.463. The Kier molecular flexibility index (Phi) is 6.95. The second-order valence-corrected chi connectivity index (χ2v) is 8.22. The molecule has 1 aromatic carbocycles. The van der Waals surface area contributed by atoms with E-state index in [9.17, 15) is 4.79 Å². The standard InChI is InChI=1S/C25H33N3O2/c1-6-19(25(26)29)8-7-16(2)23-14-20(30-5)10-12-28(23)15-22-17(3)13-18(4)24-21(22)9-11-27-24/h6-9,11,13,20,23,27H,1,10,12,14-15H2,2-5H3,(H2,26,29)/b16-7+,19-8+. The minimum absolute atomic E-state index is 0.230. The van der Waals surface area contributed by atoms with E-state index in [-0.39, 0.29) is 12.1 Å². The molecule has 1 aliphatic rings. The number of likely N-dealkylation sites (tertiary alicyclic amines) is 1. The number of nitrogens with two attached hydrogens (primary N) is 1. The lowest BCUT2D eigenvalue weighted by Crippen LogP contribution is -2.45. The fraction of sp³-hybridized carbons (Fsp3) is 0.400. The Morgan fingerprint density at radius 3 is 2.80 bits per heavy atom. The SMILES string of the molecule is C=C/C(=C\C=C(/C)C1CC(OC)CCN1Cc1c(C)cc(C)c2[nH]ccc12)C(N)=O. The van der Waals surface area contributed by atoms with Gasteiger partial charge in [-0.05, 0) is 62.4 Å². The van der Waals surface area contributed by atoms with Gasteiger partial charge in [0.2, 0.25) is 5.91 Å². The largest absolute Gasteiger partial charge is 0.381 e. The Morgan fingerprint density at radius 2 is 2.13 bits per heavy atom. The summed E-state index contributed by atoms with van der Waals surface area (Å²) in [6, 6.07) is 4.67. The lowest BCUT2D eigenvalue weighted by molar-refractivity contribution is -0.114. The number of H-pyrrole nitrogens is 1. The molecule has 1 saturated heterocycles. The van der Waals surface area contributed by atoms with Crippen molar-refractivity contribution in [2.24, 2.45) is 5.73 Å². The first-order valence-electron chi connectivity index (χ1n) is 10.5. The Labute approximate surface area is 179 Å². The molecule has 30 heavy (non-hydrogen) atoms. The molecule has 5 heteroatoms. The first kappa shape index (κ1) is 22.1. The third kappa shape index (κ3) is 4.58. The molecule has 1 fully saturated rings. The second-order valence-electron chi connectivity index (χ2n) is 8.22. The van der Waals surface area contributed by atoms with E-state index in [1.807, 2.05) is 12.3 Å². The number of nitrogens with zero attached hydrogens (tertiary/aromatic N) is 1. The predicted molar refractivity (Wildman–Crippen MR) is 123 cm³/mol. The lowest BCUT2D eigenvalue weighted by Gasteiger charge is -2.40. The summed E-state index contributed by atoms with van der Waals surface area (Å²) in [6.07, 6.45) is 9.45. The van der Waals surface area contributed by atoms with E-state index in [0.717, 1.165) is 25.9 Å². The number of allylic oxidation sites excluding steroid dienone is 2. The molecule has 160 valence electrons. The second kappa shape index (κ2) is 9.45. The van der Waals surface area contributed by atoms with Gasteiger partial charge in [0.05, 0.1) is 6.10 Å². The van der Waals surface area contributed by atoms with E-state index < -0.39 is 5.91 Å². The maximum atomic E-state index is 11.5. The number of carbonyl (C=O) groups excluding carboxylic acids is 1. The van der Waals surface area contributed by atoms with E-state index in [4.69, 9.17) is 10.5 Å². The average Bonchev–Trinajstić information content (AvgIpc) is 3.21. The van der Waals surface area contributed by atoms with E-state index in [1.54, 1.807) is 13.2 Å². The highest BCUT2D eigenvalue weighted by molar-refractivity contribution is 5.95. The molecule has 0 saturated carbocycles. The molecule has 1 aromatic heterocycles. The minimum Gasteiger partial charge on any atom is -0.381 e. The maximum Gasteiger partial charge on any atom is 0.248 e. The van der Waals surface area contributed by atoms with Gasteiger partial charge in [0, 0.05) is 48.9 Å². The summed E-state index contributed by atoms with van der Waals surface area (Å²) in [6.45, 7) is 12.0. The van der Waals surface area contributed by atoms with Crippen LogP contribution in [-0.4, -0.2) is 41.6 Å². The summed E-state index contributed by atoms with van der Waals surface area (Å²) < 4.78 is 5.69. The molecular weight excluding hydrogens is 374 g/mol. The summed E-state index contributed by atoms with van der Waals surface area (Å²) in [5.41, 5.74) is 12.2. The van der Waals surface area contributed by atoms with Crippen molar-refractivity contribution in [3.63, 3.8) is 0 Å². The molecule has 5 nitrogen and oxygen atoms in total. The van der Waals surface area contributed by atoms with Gasteiger partial charge in [-0.15, -0.1) is 0 Å². The Bertz CT molecular complexity index is 999. The molecule has 3 rings (SSSR count). The summed E-state index contributed by atoms with van der Waals surface area (Å²) in [5, 5.41) is 1.30. The summed E-state index contributed by atoms with van der Waals surface area (Å²) in [4.78, 5) is 17.4. The Balaban J connectivity index is 1.94. The molecule has 2 atom stereocenters. The van der Waals surface area contributed by atoms with Crippen molar-refractivity contribution in [1.29, 1.82) is 0 Å². The Hall–Kier alpha value is -2.63. The molecule has 3 N–H and O–H groups in total. The van der Waals surface area contributed by atoms with Crippen LogP contribution in [0.3, 0.4) is 0 Å². The van der Waals surface area contributed by atoms with Gasteiger partial charge in [0.15, 0.2) is 0 Å². The van der Waals surface area contributed by atoms with Crippen LogP contribution in [0.4, 0.5) is 0 Å². The predicted octanol–water partition coefficient (Wildman–Crippen LogP) is 4.31. The zero-order valence-electron chi connectivity index (χ0n) is 18.5. The van der Waals surface area contributed by atoms with Crippen LogP contribution < -0.4 is 5.73 Å². The molecule has 0 spiro atoms. The number of hydrogen-bond donors (Lipinski definition) is 2. The molecular formula is C25H33N3O2. The first-order chi connectivity index (χ1) is 14.3. The van der Waals surface area contributed by atoms with E-state index >= 15 is 0 Å². The van der Waals surface area contributed by atoms with Crippen LogP contribution in [0, 0.1) is 13.8 Å². The van der Waals surface area contributed by atoms with Crippen molar-refractivity contribution in [2.75, 3.05) is 13.7 Å². The molecule has 2 aromatic rings. The van der Waals surface area contributed by atoms with E-state index in [0.29, 0.717) is 5.57 Å². The number of piperidine rings is 1. The molecule has 0 bridgehead atoms. The number of nitrogens with one attached hydrogen (secondary N) is 1. The highest BCUT2D eigenvalue weighted by Crippen LogP contribution is 2.31. The highest BCUT2D eigenvalue weighted by atomic mass is 16.5. The average molecular weight is 408 g/mol. The molecule has 1 amide bonds. The smallest absolute Gasteiger partial charge is 0.248 e. The number of primary amides is 1. The molecule has 1 aliphatic heterocycles. The van der Waals surface area contributed by atoms with Crippen molar-refractivity contribution in [3.8, 4) is 0 Å². The number of carbonyl (C=O) groups is 1. The fourth-order valence-electron chi connectivity index (χ4n) is 4.50. The van der Waals surface area contributed by atoms with E-state index in [1.165, 1.54) is 39.2 Å². The van der Waals surface area contributed by atoms with Crippen LogP contribution in [-0.2, 0) is 16.1 Å². The number of aromatic nitrogens is 1. The highest BCUT2D eigenvalue weighted by Gasteiger charge is 2.30. The van der Waals surface area contributed by atoms with Gasteiger partial charge >= 0.3 is 0 Å². The zero-order chi connectivity index (χ0) is 21.8. The quantitative estimate of drug-likeness (QED) is 0.531.